The Bertz CT molecular complexity index is 1990. The van der Waals surface area contributed by atoms with Crippen molar-refractivity contribution in [3.8, 4) is 16.9 Å². The molecule has 1 aliphatic rings. The first-order valence-corrected chi connectivity index (χ1v) is 14.5. The van der Waals surface area contributed by atoms with E-state index >= 15 is 0 Å². The van der Waals surface area contributed by atoms with E-state index in [1.54, 1.807) is 18.4 Å². The fraction of sp³-hybridized carbons (Fsp3) is 0.118. The van der Waals surface area contributed by atoms with Crippen molar-refractivity contribution < 1.29 is 9.53 Å². The summed E-state index contributed by atoms with van der Waals surface area (Å²) in [6, 6.07) is 28.8. The van der Waals surface area contributed by atoms with E-state index in [2.05, 4.69) is 4.99 Å². The molecule has 0 spiro atoms. The first-order chi connectivity index (χ1) is 20.5. The lowest BCUT2D eigenvalue weighted by Crippen LogP contribution is -2.38. The summed E-state index contributed by atoms with van der Waals surface area (Å²) in [5.41, 5.74) is 5.02. The first kappa shape index (κ1) is 27.1. The molecule has 3 heterocycles. The number of thiazole rings is 1. The molecular formula is C34H28N4O3S. The topological polar surface area (TPSA) is 78.5 Å². The number of aromatic nitrogens is 3. The predicted octanol–water partition coefficient (Wildman–Crippen LogP) is 5.32. The third-order valence-corrected chi connectivity index (χ3v) is 7.91. The van der Waals surface area contributed by atoms with Gasteiger partial charge in [-0.1, -0.05) is 102 Å². The van der Waals surface area contributed by atoms with Crippen molar-refractivity contribution in [1.82, 2.24) is 14.3 Å². The summed E-state index contributed by atoms with van der Waals surface area (Å²) >= 11 is 1.29. The molecule has 0 saturated carbocycles. The SMILES string of the molecule is CCOC(=O)C1=C(C)N=c2s/c(=C\c3cn(-c4ccccc4)nc3-c3ccccc3)c(=O)n2[C@@H]1/C=C/c1ccccc1. The minimum absolute atomic E-state index is 0.225. The molecule has 6 rings (SSSR count). The Hall–Kier alpha value is -5.08. The zero-order valence-corrected chi connectivity index (χ0v) is 24.0. The molecule has 7 nitrogen and oxygen atoms in total. The number of ether oxygens (including phenoxy) is 1. The normalized spacial score (nSPS) is 15.1. The van der Waals surface area contributed by atoms with Gasteiger partial charge in [0.25, 0.3) is 5.56 Å². The van der Waals surface area contributed by atoms with Crippen LogP contribution >= 0.6 is 11.3 Å². The fourth-order valence-corrected chi connectivity index (χ4v) is 6.00. The van der Waals surface area contributed by atoms with Crippen LogP contribution < -0.4 is 14.9 Å². The van der Waals surface area contributed by atoms with Gasteiger partial charge in [0.05, 0.1) is 39.8 Å². The van der Waals surface area contributed by atoms with Crippen LogP contribution in [-0.2, 0) is 9.53 Å². The third kappa shape index (κ3) is 5.32. The number of fused-ring (bicyclic) bond motifs is 1. The van der Waals surface area contributed by atoms with E-state index in [1.165, 1.54) is 11.3 Å². The van der Waals surface area contributed by atoms with Crippen LogP contribution in [0.2, 0.25) is 0 Å². The number of hydrogen-bond donors (Lipinski definition) is 0. The number of carbonyl (C=O) groups is 1. The maximum atomic E-state index is 14.0. The second kappa shape index (κ2) is 11.8. The molecule has 5 aromatic rings. The lowest BCUT2D eigenvalue weighted by atomic mass is 10.0. The van der Waals surface area contributed by atoms with Crippen LogP contribution in [-0.4, -0.2) is 26.9 Å². The second-order valence-corrected chi connectivity index (χ2v) is 10.7. The maximum absolute atomic E-state index is 14.0. The molecule has 0 radical (unpaired) electrons. The van der Waals surface area contributed by atoms with Crippen LogP contribution in [0.3, 0.4) is 0 Å². The zero-order valence-electron chi connectivity index (χ0n) is 23.2. The average molecular weight is 573 g/mol. The van der Waals surface area contributed by atoms with Gasteiger partial charge in [0, 0.05) is 17.3 Å². The summed E-state index contributed by atoms with van der Waals surface area (Å²) in [7, 11) is 0. The largest absolute Gasteiger partial charge is 0.463 e. The van der Waals surface area contributed by atoms with Crippen LogP contribution in [0, 0.1) is 0 Å². The quantitative estimate of drug-likeness (QED) is 0.248. The number of benzene rings is 3. The molecular weight excluding hydrogens is 544 g/mol. The molecule has 2 aromatic heterocycles. The van der Waals surface area contributed by atoms with Crippen LogP contribution in [0.5, 0.6) is 0 Å². The number of allylic oxidation sites excluding steroid dienone is 2. The predicted molar refractivity (Wildman–Crippen MR) is 166 cm³/mol. The van der Waals surface area contributed by atoms with E-state index in [0.29, 0.717) is 20.6 Å². The van der Waals surface area contributed by atoms with E-state index in [0.717, 1.165) is 28.1 Å². The highest BCUT2D eigenvalue weighted by atomic mass is 32.1. The van der Waals surface area contributed by atoms with Gasteiger partial charge in [-0.25, -0.2) is 14.5 Å². The summed E-state index contributed by atoms with van der Waals surface area (Å²) < 4.78 is 9.28. The molecule has 0 fully saturated rings. The lowest BCUT2D eigenvalue weighted by molar-refractivity contribution is -0.139. The molecule has 8 heteroatoms. The van der Waals surface area contributed by atoms with Crippen LogP contribution in [0.25, 0.3) is 29.1 Å². The monoisotopic (exact) mass is 572 g/mol. The molecule has 42 heavy (non-hydrogen) atoms. The van der Waals surface area contributed by atoms with Crippen molar-refractivity contribution in [2.24, 2.45) is 4.99 Å². The average Bonchev–Trinajstić information content (AvgIpc) is 3.58. The zero-order chi connectivity index (χ0) is 29.1. The second-order valence-electron chi connectivity index (χ2n) is 9.69. The standard InChI is InChI=1S/C34H28N4O3S/c1-3-41-33(40)30-23(2)35-34-38(28(30)20-19-24-13-7-4-8-14-24)32(39)29(42-34)21-26-22-37(27-17-11-6-12-18-27)36-31(26)25-15-9-5-10-16-25/h4-22,28H,3H2,1-2H3/b20-19+,29-21-/t28-/m1/s1. The highest BCUT2D eigenvalue weighted by Gasteiger charge is 2.30. The van der Waals surface area contributed by atoms with Gasteiger partial charge in [0.2, 0.25) is 0 Å². The van der Waals surface area contributed by atoms with Crippen LogP contribution in [0.1, 0.15) is 31.0 Å². The van der Waals surface area contributed by atoms with Gasteiger partial charge in [-0.3, -0.25) is 9.36 Å². The molecule has 1 atom stereocenters. The van der Waals surface area contributed by atoms with Crippen molar-refractivity contribution in [2.45, 2.75) is 19.9 Å². The molecule has 0 bridgehead atoms. The molecule has 3 aromatic carbocycles. The lowest BCUT2D eigenvalue weighted by Gasteiger charge is -2.21. The Labute approximate surface area is 246 Å². The Balaban J connectivity index is 1.52. The van der Waals surface area contributed by atoms with Gasteiger partial charge >= 0.3 is 5.97 Å². The van der Waals surface area contributed by atoms with Gasteiger partial charge in [0.15, 0.2) is 4.80 Å². The smallest absolute Gasteiger partial charge is 0.338 e. The molecule has 0 N–H and O–H groups in total. The number of carbonyl (C=O) groups excluding carboxylic acids is 1. The van der Waals surface area contributed by atoms with Crippen molar-refractivity contribution in [1.29, 1.82) is 0 Å². The summed E-state index contributed by atoms with van der Waals surface area (Å²) in [6.45, 7) is 3.77. The molecule has 0 saturated heterocycles. The number of esters is 1. The minimum Gasteiger partial charge on any atom is -0.463 e. The molecule has 0 aliphatic carbocycles. The van der Waals surface area contributed by atoms with Crippen LogP contribution in [0.15, 0.2) is 124 Å². The minimum atomic E-state index is -0.664. The highest BCUT2D eigenvalue weighted by molar-refractivity contribution is 7.07. The fourth-order valence-electron chi connectivity index (χ4n) is 4.95. The van der Waals surface area contributed by atoms with E-state index in [1.807, 2.05) is 120 Å². The Morgan fingerprint density at radius 3 is 2.33 bits per heavy atom. The van der Waals surface area contributed by atoms with Crippen molar-refractivity contribution in [3.05, 3.63) is 145 Å². The summed E-state index contributed by atoms with van der Waals surface area (Å²) in [6.07, 6.45) is 7.57. The molecule has 0 unspecified atom stereocenters. The van der Waals surface area contributed by atoms with Gasteiger partial charge < -0.3 is 4.74 Å². The first-order valence-electron chi connectivity index (χ1n) is 13.7. The highest BCUT2D eigenvalue weighted by Crippen LogP contribution is 2.27. The number of para-hydroxylation sites is 1. The summed E-state index contributed by atoms with van der Waals surface area (Å²) in [5, 5.41) is 4.88. The molecule has 0 amide bonds. The van der Waals surface area contributed by atoms with Crippen molar-refractivity contribution in [2.75, 3.05) is 6.61 Å². The Morgan fingerprint density at radius 2 is 1.64 bits per heavy atom. The molecule has 208 valence electrons. The number of nitrogens with zero attached hydrogens (tertiary/aromatic N) is 4. The van der Waals surface area contributed by atoms with E-state index in [9.17, 15) is 9.59 Å². The Kier molecular flexibility index (Phi) is 7.62. The van der Waals surface area contributed by atoms with E-state index < -0.39 is 12.0 Å². The van der Waals surface area contributed by atoms with E-state index in [-0.39, 0.29) is 12.2 Å². The molecule has 1 aliphatic heterocycles. The number of hydrogen-bond acceptors (Lipinski definition) is 6. The van der Waals surface area contributed by atoms with Gasteiger partial charge in [-0.05, 0) is 37.6 Å². The van der Waals surface area contributed by atoms with Gasteiger partial charge in [-0.2, -0.15) is 5.10 Å². The summed E-state index contributed by atoms with van der Waals surface area (Å²) in [4.78, 5) is 32.3. The van der Waals surface area contributed by atoms with Crippen molar-refractivity contribution >= 4 is 29.5 Å². The number of rotatable bonds is 7. The van der Waals surface area contributed by atoms with Gasteiger partial charge in [0.1, 0.15) is 0 Å². The van der Waals surface area contributed by atoms with E-state index in [4.69, 9.17) is 9.84 Å². The van der Waals surface area contributed by atoms with Crippen molar-refractivity contribution in [3.63, 3.8) is 0 Å². The van der Waals surface area contributed by atoms with Crippen LogP contribution in [0.4, 0.5) is 0 Å². The maximum Gasteiger partial charge on any atom is 0.338 e. The summed E-state index contributed by atoms with van der Waals surface area (Å²) in [5.74, 6) is -0.480. The Morgan fingerprint density at radius 1 is 0.976 bits per heavy atom. The van der Waals surface area contributed by atoms with Gasteiger partial charge in [-0.15, -0.1) is 0 Å². The third-order valence-electron chi connectivity index (χ3n) is 6.93.